The minimum absolute atomic E-state index is 0.000950. The summed E-state index contributed by atoms with van der Waals surface area (Å²) in [4.78, 5) is 14.5. The number of nitrogens with one attached hydrogen (secondary N) is 1. The van der Waals surface area contributed by atoms with Gasteiger partial charge in [-0.05, 0) is 37.6 Å². The third kappa shape index (κ3) is 4.18. The fraction of sp³-hybridized carbons (Fsp3) is 0.533. The molecule has 0 bridgehead atoms. The van der Waals surface area contributed by atoms with Gasteiger partial charge in [-0.1, -0.05) is 15.9 Å². The summed E-state index contributed by atoms with van der Waals surface area (Å²) in [5, 5.41) is 2.96. The highest BCUT2D eigenvalue weighted by Gasteiger charge is 2.30. The molecule has 0 aliphatic carbocycles. The van der Waals surface area contributed by atoms with Crippen LogP contribution in [0.1, 0.15) is 19.4 Å². The molecule has 1 aliphatic heterocycles. The number of rotatable bonds is 4. The highest BCUT2D eigenvalue weighted by molar-refractivity contribution is 9.10. The molecule has 3 N–H and O–H groups in total. The number of carbonyl (C=O) groups is 1. The summed E-state index contributed by atoms with van der Waals surface area (Å²) >= 11 is 3.50. The lowest BCUT2D eigenvalue weighted by molar-refractivity contribution is -0.125. The Bertz CT molecular complexity index is 508. The standard InChI is InChI=1S/C15H22BrN3O2/c1-10(2)18-15(20)14-9-21-4-3-19(14)13-6-11(8-17)5-12(16)7-13/h5-7,10,14H,3-4,8-9,17H2,1-2H3,(H,18,20). The van der Waals surface area contributed by atoms with Crippen LogP contribution in [0.5, 0.6) is 0 Å². The van der Waals surface area contributed by atoms with Crippen LogP contribution >= 0.6 is 15.9 Å². The van der Waals surface area contributed by atoms with Gasteiger partial charge in [-0.25, -0.2) is 0 Å². The van der Waals surface area contributed by atoms with Gasteiger partial charge in [0.25, 0.3) is 0 Å². The Balaban J connectivity index is 2.26. The van der Waals surface area contributed by atoms with Crippen molar-refractivity contribution >= 4 is 27.5 Å². The molecule has 1 unspecified atom stereocenters. The predicted octanol–water partition coefficient (Wildman–Crippen LogP) is 1.64. The van der Waals surface area contributed by atoms with Gasteiger partial charge < -0.3 is 20.7 Å². The highest BCUT2D eigenvalue weighted by Crippen LogP contribution is 2.26. The molecule has 1 heterocycles. The van der Waals surface area contributed by atoms with Gasteiger partial charge in [0.2, 0.25) is 5.91 Å². The fourth-order valence-corrected chi connectivity index (χ4v) is 2.96. The van der Waals surface area contributed by atoms with Crippen molar-refractivity contribution in [1.29, 1.82) is 0 Å². The number of ether oxygens (including phenoxy) is 1. The molecule has 5 nitrogen and oxygen atoms in total. The minimum Gasteiger partial charge on any atom is -0.377 e. The lowest BCUT2D eigenvalue weighted by Gasteiger charge is -2.37. The molecule has 116 valence electrons. The minimum atomic E-state index is -0.305. The average Bonchev–Trinajstić information content (AvgIpc) is 2.45. The van der Waals surface area contributed by atoms with Gasteiger partial charge in [-0.2, -0.15) is 0 Å². The van der Waals surface area contributed by atoms with E-state index in [1.165, 1.54) is 0 Å². The maximum Gasteiger partial charge on any atom is 0.245 e. The molecule has 0 aromatic heterocycles. The topological polar surface area (TPSA) is 67.6 Å². The summed E-state index contributed by atoms with van der Waals surface area (Å²) < 4.78 is 6.45. The van der Waals surface area contributed by atoms with Crippen molar-refractivity contribution in [1.82, 2.24) is 5.32 Å². The molecule has 6 heteroatoms. The molecule has 0 radical (unpaired) electrons. The lowest BCUT2D eigenvalue weighted by Crippen LogP contribution is -2.55. The molecule has 21 heavy (non-hydrogen) atoms. The van der Waals surface area contributed by atoms with E-state index in [-0.39, 0.29) is 18.0 Å². The second kappa shape index (κ2) is 7.24. The van der Waals surface area contributed by atoms with Crippen molar-refractivity contribution in [3.05, 3.63) is 28.2 Å². The Morgan fingerprint density at radius 3 is 2.95 bits per heavy atom. The molecular formula is C15H22BrN3O2. The zero-order chi connectivity index (χ0) is 15.4. The van der Waals surface area contributed by atoms with Crippen LogP contribution in [0.15, 0.2) is 22.7 Å². The summed E-state index contributed by atoms with van der Waals surface area (Å²) in [6.45, 7) is 6.10. The number of hydrogen-bond donors (Lipinski definition) is 2. The number of carbonyl (C=O) groups excluding carboxylic acids is 1. The largest absolute Gasteiger partial charge is 0.377 e. The maximum absolute atomic E-state index is 12.4. The number of morpholine rings is 1. The summed E-state index contributed by atoms with van der Waals surface area (Å²) in [6, 6.07) is 5.85. The second-order valence-corrected chi connectivity index (χ2v) is 6.38. The quantitative estimate of drug-likeness (QED) is 0.861. The fourth-order valence-electron chi connectivity index (χ4n) is 2.43. The van der Waals surface area contributed by atoms with E-state index in [4.69, 9.17) is 10.5 Å². The molecule has 1 aromatic carbocycles. The van der Waals surface area contributed by atoms with Crippen LogP contribution in [0, 0.1) is 0 Å². The Kier molecular flexibility index (Phi) is 5.61. The average molecular weight is 356 g/mol. The van der Waals surface area contributed by atoms with E-state index in [1.54, 1.807) is 0 Å². The first-order valence-electron chi connectivity index (χ1n) is 7.15. The number of hydrogen-bond acceptors (Lipinski definition) is 4. The first-order valence-corrected chi connectivity index (χ1v) is 7.95. The van der Waals surface area contributed by atoms with E-state index in [2.05, 4.69) is 26.1 Å². The van der Waals surface area contributed by atoms with E-state index in [1.807, 2.05) is 32.0 Å². The molecule has 1 aromatic rings. The van der Waals surface area contributed by atoms with Crippen molar-refractivity contribution in [2.45, 2.75) is 32.5 Å². The van der Waals surface area contributed by atoms with Gasteiger partial charge in [0.15, 0.2) is 0 Å². The molecule has 1 saturated heterocycles. The Labute approximate surface area is 134 Å². The van der Waals surface area contributed by atoms with Gasteiger partial charge >= 0.3 is 0 Å². The third-order valence-corrected chi connectivity index (χ3v) is 3.83. The van der Waals surface area contributed by atoms with E-state index in [0.29, 0.717) is 26.3 Å². The SMILES string of the molecule is CC(C)NC(=O)C1COCCN1c1cc(Br)cc(CN)c1. The Morgan fingerprint density at radius 1 is 1.52 bits per heavy atom. The molecule has 1 fully saturated rings. The number of halogens is 1. The van der Waals surface area contributed by atoms with Crippen LogP contribution in [0.25, 0.3) is 0 Å². The van der Waals surface area contributed by atoms with Crippen molar-refractivity contribution in [3.8, 4) is 0 Å². The summed E-state index contributed by atoms with van der Waals surface area (Å²) in [7, 11) is 0. The molecule has 0 saturated carbocycles. The van der Waals surface area contributed by atoms with Crippen LogP contribution in [0.2, 0.25) is 0 Å². The van der Waals surface area contributed by atoms with Crippen LogP contribution in [0.3, 0.4) is 0 Å². The van der Waals surface area contributed by atoms with Gasteiger partial charge in [0, 0.05) is 29.3 Å². The lowest BCUT2D eigenvalue weighted by atomic mass is 10.1. The summed E-state index contributed by atoms with van der Waals surface area (Å²) in [5.41, 5.74) is 7.77. The summed E-state index contributed by atoms with van der Waals surface area (Å²) in [5.74, 6) is -0.000950. The zero-order valence-electron chi connectivity index (χ0n) is 12.4. The predicted molar refractivity (Wildman–Crippen MR) is 87.3 cm³/mol. The van der Waals surface area contributed by atoms with Crippen LogP contribution in [0.4, 0.5) is 5.69 Å². The van der Waals surface area contributed by atoms with E-state index < -0.39 is 0 Å². The Hall–Kier alpha value is -1.11. The summed E-state index contributed by atoms with van der Waals surface area (Å²) in [6.07, 6.45) is 0. The van der Waals surface area contributed by atoms with Crippen molar-refractivity contribution in [2.75, 3.05) is 24.7 Å². The third-order valence-electron chi connectivity index (χ3n) is 3.37. The van der Waals surface area contributed by atoms with Crippen LogP contribution < -0.4 is 16.0 Å². The van der Waals surface area contributed by atoms with E-state index >= 15 is 0 Å². The van der Waals surface area contributed by atoms with E-state index in [0.717, 1.165) is 15.7 Å². The van der Waals surface area contributed by atoms with Crippen LogP contribution in [-0.4, -0.2) is 37.7 Å². The smallest absolute Gasteiger partial charge is 0.245 e. The molecule has 1 aliphatic rings. The molecular weight excluding hydrogens is 334 g/mol. The van der Waals surface area contributed by atoms with Gasteiger partial charge in [0.1, 0.15) is 6.04 Å². The molecule has 1 atom stereocenters. The number of anilines is 1. The first-order chi connectivity index (χ1) is 10.0. The second-order valence-electron chi connectivity index (χ2n) is 5.47. The van der Waals surface area contributed by atoms with Crippen molar-refractivity contribution < 1.29 is 9.53 Å². The number of benzene rings is 1. The molecule has 0 spiro atoms. The van der Waals surface area contributed by atoms with Gasteiger partial charge in [0.05, 0.1) is 13.2 Å². The van der Waals surface area contributed by atoms with E-state index in [9.17, 15) is 4.79 Å². The van der Waals surface area contributed by atoms with Gasteiger partial charge in [-0.3, -0.25) is 4.79 Å². The Morgan fingerprint density at radius 2 is 2.29 bits per heavy atom. The monoisotopic (exact) mass is 355 g/mol. The molecule has 1 amide bonds. The number of nitrogens with two attached hydrogens (primary N) is 1. The van der Waals surface area contributed by atoms with Crippen molar-refractivity contribution in [2.24, 2.45) is 5.73 Å². The number of amides is 1. The first kappa shape index (κ1) is 16.3. The van der Waals surface area contributed by atoms with Crippen molar-refractivity contribution in [3.63, 3.8) is 0 Å². The number of nitrogens with zero attached hydrogens (tertiary/aromatic N) is 1. The van der Waals surface area contributed by atoms with Crippen LogP contribution in [-0.2, 0) is 16.1 Å². The van der Waals surface area contributed by atoms with Gasteiger partial charge in [-0.15, -0.1) is 0 Å². The maximum atomic E-state index is 12.4. The highest BCUT2D eigenvalue weighted by atomic mass is 79.9. The normalized spacial score (nSPS) is 18.9. The zero-order valence-corrected chi connectivity index (χ0v) is 14.0. The molecule has 2 rings (SSSR count).